The lowest BCUT2D eigenvalue weighted by Gasteiger charge is -2.31. The zero-order chi connectivity index (χ0) is 22.3. The number of para-hydroxylation sites is 1. The van der Waals surface area contributed by atoms with Crippen LogP contribution in [0.15, 0.2) is 66.1 Å². The Labute approximate surface area is 185 Å². The maximum Gasteiger partial charge on any atom is 0.255 e. The van der Waals surface area contributed by atoms with Gasteiger partial charge in [-0.2, -0.15) is 0 Å². The van der Waals surface area contributed by atoms with E-state index in [-0.39, 0.29) is 22.9 Å². The first-order valence-corrected chi connectivity index (χ1v) is 12.2. The van der Waals surface area contributed by atoms with Crippen molar-refractivity contribution in [2.75, 3.05) is 18.9 Å². The number of benzene rings is 2. The zero-order valence-electron chi connectivity index (χ0n) is 18.0. The van der Waals surface area contributed by atoms with Crippen LogP contribution in [0.5, 0.6) is 0 Å². The Kier molecular flexibility index (Phi) is 8.01. The van der Waals surface area contributed by atoms with E-state index in [1.165, 1.54) is 50.3 Å². The lowest BCUT2D eigenvalue weighted by atomic mass is 9.94. The monoisotopic (exact) mass is 441 g/mol. The van der Waals surface area contributed by atoms with Gasteiger partial charge in [0, 0.05) is 30.4 Å². The molecule has 0 saturated heterocycles. The molecule has 2 aromatic carbocycles. The molecular formula is C24H31N3O3S. The molecule has 0 unspecified atom stereocenters. The number of carbonyl (C=O) groups excluding carboxylic acids is 1. The highest BCUT2D eigenvalue weighted by Gasteiger charge is 2.20. The van der Waals surface area contributed by atoms with E-state index in [1.54, 1.807) is 12.1 Å². The van der Waals surface area contributed by atoms with Crippen LogP contribution in [0.1, 0.15) is 48.0 Å². The molecule has 2 aromatic rings. The summed E-state index contributed by atoms with van der Waals surface area (Å²) in [7, 11) is -1.56. The van der Waals surface area contributed by atoms with Crippen molar-refractivity contribution in [2.24, 2.45) is 0 Å². The van der Waals surface area contributed by atoms with Gasteiger partial charge in [-0.1, -0.05) is 49.6 Å². The van der Waals surface area contributed by atoms with E-state index in [1.807, 2.05) is 24.3 Å². The maximum atomic E-state index is 12.9. The summed E-state index contributed by atoms with van der Waals surface area (Å²) in [5.74, 6) is -0.339. The quantitative estimate of drug-likeness (QED) is 0.573. The maximum absolute atomic E-state index is 12.9. The standard InChI is InChI=1S/C24H31N3O3S/c1-3-16-25-31(29,30)22-14-9-11-19(17-22)24(28)26-23-15-8-7-10-20(23)18-27(2)21-12-5-4-6-13-21/h3,7-11,14-15,17,21,25H,1,4-6,12-13,16,18H2,2H3,(H,26,28). The van der Waals surface area contributed by atoms with Crippen molar-refractivity contribution >= 4 is 21.6 Å². The highest BCUT2D eigenvalue weighted by Crippen LogP contribution is 2.25. The van der Waals surface area contributed by atoms with Crippen molar-refractivity contribution in [1.29, 1.82) is 0 Å². The van der Waals surface area contributed by atoms with Gasteiger partial charge in [-0.25, -0.2) is 13.1 Å². The average Bonchev–Trinajstić information content (AvgIpc) is 2.79. The average molecular weight is 442 g/mol. The van der Waals surface area contributed by atoms with Crippen molar-refractivity contribution in [3.05, 3.63) is 72.3 Å². The highest BCUT2D eigenvalue weighted by molar-refractivity contribution is 7.89. The largest absolute Gasteiger partial charge is 0.322 e. The summed E-state index contributed by atoms with van der Waals surface area (Å²) < 4.78 is 27.1. The van der Waals surface area contributed by atoms with Gasteiger partial charge >= 0.3 is 0 Å². The van der Waals surface area contributed by atoms with Gasteiger partial charge < -0.3 is 5.32 Å². The molecule has 1 aliphatic carbocycles. The van der Waals surface area contributed by atoms with Crippen LogP contribution in [-0.4, -0.2) is 38.9 Å². The van der Waals surface area contributed by atoms with Gasteiger partial charge in [0.1, 0.15) is 0 Å². The summed E-state index contributed by atoms with van der Waals surface area (Å²) in [6.07, 6.45) is 7.76. The Morgan fingerprint density at radius 3 is 2.61 bits per heavy atom. The Morgan fingerprint density at radius 1 is 1.13 bits per heavy atom. The molecule has 6 nitrogen and oxygen atoms in total. The molecule has 1 fully saturated rings. The number of rotatable bonds is 9. The molecule has 7 heteroatoms. The lowest BCUT2D eigenvalue weighted by molar-refractivity contribution is 0.102. The first-order chi connectivity index (χ1) is 14.9. The summed E-state index contributed by atoms with van der Waals surface area (Å²) in [6.45, 7) is 4.39. The van der Waals surface area contributed by atoms with Gasteiger partial charge in [-0.3, -0.25) is 9.69 Å². The van der Waals surface area contributed by atoms with Crippen LogP contribution in [0.2, 0.25) is 0 Å². The second-order valence-corrected chi connectivity index (χ2v) is 9.75. The molecule has 0 aliphatic heterocycles. The number of carbonyl (C=O) groups is 1. The van der Waals surface area contributed by atoms with Crippen molar-refractivity contribution in [2.45, 2.75) is 49.6 Å². The minimum absolute atomic E-state index is 0.0484. The Hall–Kier alpha value is -2.48. The van der Waals surface area contributed by atoms with Crippen molar-refractivity contribution in [3.63, 3.8) is 0 Å². The summed E-state index contributed by atoms with van der Waals surface area (Å²) in [5, 5.41) is 2.96. The van der Waals surface area contributed by atoms with E-state index in [0.29, 0.717) is 6.04 Å². The van der Waals surface area contributed by atoms with Gasteiger partial charge in [-0.05, 0) is 49.7 Å². The molecule has 0 heterocycles. The first-order valence-electron chi connectivity index (χ1n) is 10.7. The number of anilines is 1. The van der Waals surface area contributed by atoms with Crippen LogP contribution in [0, 0.1) is 0 Å². The third-order valence-electron chi connectivity index (χ3n) is 5.71. The second-order valence-electron chi connectivity index (χ2n) is 7.99. The molecule has 0 bridgehead atoms. The Morgan fingerprint density at radius 2 is 1.87 bits per heavy atom. The van der Waals surface area contributed by atoms with Gasteiger partial charge in [-0.15, -0.1) is 6.58 Å². The van der Waals surface area contributed by atoms with Crippen LogP contribution >= 0.6 is 0 Å². The second kappa shape index (κ2) is 10.7. The molecule has 0 spiro atoms. The SMILES string of the molecule is C=CCNS(=O)(=O)c1cccc(C(=O)Nc2ccccc2CN(C)C2CCCCC2)c1. The van der Waals surface area contributed by atoms with E-state index >= 15 is 0 Å². The third kappa shape index (κ3) is 6.26. The number of nitrogens with zero attached hydrogens (tertiary/aromatic N) is 1. The molecular weight excluding hydrogens is 410 g/mol. The molecule has 1 aliphatic rings. The van der Waals surface area contributed by atoms with E-state index in [4.69, 9.17) is 0 Å². The normalized spacial score (nSPS) is 15.0. The minimum atomic E-state index is -3.70. The molecule has 2 N–H and O–H groups in total. The predicted octanol–water partition coefficient (Wildman–Crippen LogP) is 4.17. The number of sulfonamides is 1. The molecule has 0 aromatic heterocycles. The van der Waals surface area contributed by atoms with Crippen LogP contribution in [0.3, 0.4) is 0 Å². The fourth-order valence-electron chi connectivity index (χ4n) is 3.95. The number of amides is 1. The van der Waals surface area contributed by atoms with Crippen LogP contribution in [0.25, 0.3) is 0 Å². The molecule has 31 heavy (non-hydrogen) atoms. The smallest absolute Gasteiger partial charge is 0.255 e. The van der Waals surface area contributed by atoms with E-state index < -0.39 is 10.0 Å². The zero-order valence-corrected chi connectivity index (χ0v) is 18.8. The van der Waals surface area contributed by atoms with Crippen LogP contribution < -0.4 is 10.0 Å². The first kappa shape index (κ1) is 23.2. The lowest BCUT2D eigenvalue weighted by Crippen LogP contribution is -2.33. The minimum Gasteiger partial charge on any atom is -0.322 e. The molecule has 166 valence electrons. The number of nitrogens with one attached hydrogen (secondary N) is 2. The van der Waals surface area contributed by atoms with Gasteiger partial charge in [0.25, 0.3) is 5.91 Å². The predicted molar refractivity (Wildman–Crippen MR) is 125 cm³/mol. The number of hydrogen-bond donors (Lipinski definition) is 2. The van der Waals surface area contributed by atoms with Crippen molar-refractivity contribution < 1.29 is 13.2 Å². The third-order valence-corrected chi connectivity index (χ3v) is 7.13. The molecule has 3 rings (SSSR count). The van der Waals surface area contributed by atoms with Crippen LogP contribution in [0.4, 0.5) is 5.69 Å². The molecule has 0 radical (unpaired) electrons. The van der Waals surface area contributed by atoms with Gasteiger partial charge in [0.05, 0.1) is 4.90 Å². The Bertz CT molecular complexity index is 1010. The van der Waals surface area contributed by atoms with E-state index in [9.17, 15) is 13.2 Å². The molecule has 1 saturated carbocycles. The van der Waals surface area contributed by atoms with Gasteiger partial charge in [0.15, 0.2) is 0 Å². The highest BCUT2D eigenvalue weighted by atomic mass is 32.2. The van der Waals surface area contributed by atoms with E-state index in [2.05, 4.69) is 28.6 Å². The fraction of sp³-hybridized carbons (Fsp3) is 0.375. The van der Waals surface area contributed by atoms with E-state index in [0.717, 1.165) is 17.8 Å². The molecule has 0 atom stereocenters. The molecule has 1 amide bonds. The van der Waals surface area contributed by atoms with Crippen LogP contribution in [-0.2, 0) is 16.6 Å². The fourth-order valence-corrected chi connectivity index (χ4v) is 4.99. The van der Waals surface area contributed by atoms with Gasteiger partial charge in [0.2, 0.25) is 10.0 Å². The summed E-state index contributed by atoms with van der Waals surface area (Å²) in [4.78, 5) is 15.3. The summed E-state index contributed by atoms with van der Waals surface area (Å²) in [5.41, 5.74) is 2.07. The van der Waals surface area contributed by atoms with Crippen molar-refractivity contribution in [3.8, 4) is 0 Å². The summed E-state index contributed by atoms with van der Waals surface area (Å²) in [6, 6.07) is 14.4. The Balaban J connectivity index is 1.74. The van der Waals surface area contributed by atoms with Crippen molar-refractivity contribution in [1.82, 2.24) is 9.62 Å². The number of hydrogen-bond acceptors (Lipinski definition) is 4. The topological polar surface area (TPSA) is 78.5 Å². The summed E-state index contributed by atoms with van der Waals surface area (Å²) >= 11 is 0.